The molecular weight excluding hydrogens is 1360 g/mol. The van der Waals surface area contributed by atoms with Crippen LogP contribution < -0.4 is 21.3 Å². The molecule has 0 aromatic rings. The van der Waals surface area contributed by atoms with Crippen LogP contribution in [0.5, 0.6) is 0 Å². The molecule has 0 aromatic heterocycles. The maximum atomic E-state index is 13.6. The molecule has 38 heteroatoms. The lowest BCUT2D eigenvalue weighted by atomic mass is 9.70. The Labute approximate surface area is 584 Å². The summed E-state index contributed by atoms with van der Waals surface area (Å²) in [6.07, 6.45) is -37.2. The number of ether oxygens (including phenoxy) is 8. The van der Waals surface area contributed by atoms with Crippen LogP contribution in [0.4, 0.5) is 0 Å². The summed E-state index contributed by atoms with van der Waals surface area (Å²) in [7, 11) is 1.33. The number of amides is 3. The van der Waals surface area contributed by atoms with Crippen LogP contribution in [0.25, 0.3) is 0 Å². The minimum absolute atomic E-state index is 0.0414. The maximum absolute atomic E-state index is 13.6. The molecule has 586 valence electrons. The summed E-state index contributed by atoms with van der Waals surface area (Å²) in [6.45, 7) is 3.47. The van der Waals surface area contributed by atoms with Crippen LogP contribution in [-0.2, 0) is 71.5 Å². The molecule has 4 aliphatic rings. The highest BCUT2D eigenvalue weighted by Crippen LogP contribution is 2.44. The van der Waals surface area contributed by atoms with Crippen LogP contribution in [0, 0.1) is 35.5 Å². The summed E-state index contributed by atoms with van der Waals surface area (Å²) in [5, 5.41) is 217. The lowest BCUT2D eigenvalue weighted by molar-refractivity contribution is -0.314. The molecule has 23 N–H and O–H groups in total. The smallest absolute Gasteiger partial charge is 0.364 e. The van der Waals surface area contributed by atoms with Gasteiger partial charge in [-0.1, -0.05) is 27.7 Å². The molecule has 0 saturated carbocycles. The molecule has 4 saturated heterocycles. The van der Waals surface area contributed by atoms with Gasteiger partial charge in [-0.15, -0.1) is 0 Å². The summed E-state index contributed by atoms with van der Waals surface area (Å²) in [5.74, 6) is -25.5. The van der Waals surface area contributed by atoms with Crippen LogP contribution in [-0.4, -0.2) is 337 Å². The van der Waals surface area contributed by atoms with Crippen LogP contribution in [0.2, 0.25) is 0 Å². The molecule has 101 heavy (non-hydrogen) atoms. The summed E-state index contributed by atoms with van der Waals surface area (Å²) in [4.78, 5) is 91.6. The zero-order chi connectivity index (χ0) is 77.3. The number of nitrogens with one attached hydrogen (secondary N) is 4. The van der Waals surface area contributed by atoms with Gasteiger partial charge in [0.15, 0.2) is 0 Å². The Morgan fingerprint density at radius 3 is 0.891 bits per heavy atom. The molecule has 4 heterocycles. The van der Waals surface area contributed by atoms with Crippen LogP contribution in [0.1, 0.15) is 121 Å². The first kappa shape index (κ1) is 87.0. The lowest BCUT2D eigenvalue weighted by Gasteiger charge is -2.47. The van der Waals surface area contributed by atoms with E-state index in [4.69, 9.17) is 39.3 Å². The second-order valence-electron chi connectivity index (χ2n) is 27.4. The van der Waals surface area contributed by atoms with E-state index in [1.54, 1.807) is 0 Å². The number of aliphatic hydroxyl groups is 15. The number of aliphatic hydroxyl groups excluding tert-OH is 15. The quantitative estimate of drug-likeness (QED) is 0.0270. The molecule has 26 atom stereocenters. The third-order valence-electron chi connectivity index (χ3n) is 19.6. The van der Waals surface area contributed by atoms with E-state index in [0.29, 0.717) is 0 Å². The molecule has 0 radical (unpaired) electrons. The Balaban J connectivity index is 2.05. The molecule has 4 aliphatic heterocycles. The largest absolute Gasteiger partial charge is 0.477 e. The van der Waals surface area contributed by atoms with Gasteiger partial charge in [0, 0.05) is 47.8 Å². The van der Waals surface area contributed by atoms with Gasteiger partial charge in [-0.2, -0.15) is 0 Å². The minimum atomic E-state index is -2.98. The predicted molar refractivity (Wildman–Crippen MR) is 339 cm³/mol. The zero-order valence-corrected chi connectivity index (χ0v) is 57.9. The molecular formula is C63H110N4O34. The molecule has 0 aromatic carbocycles. The number of carboxylic acids is 4. The Morgan fingerprint density at radius 2 is 0.673 bits per heavy atom. The summed E-state index contributed by atoms with van der Waals surface area (Å²) < 4.78 is 56.0. The zero-order valence-electron chi connectivity index (χ0n) is 58.9. The number of hydrogen-bond donors (Lipinski definition) is 23. The van der Waals surface area contributed by atoms with Crippen molar-refractivity contribution in [2.24, 2.45) is 35.5 Å². The number of likely N-dealkylation sites (N-methyl/N-ethyl adjacent to an activating group) is 1. The third kappa shape index (κ3) is 22.4. The predicted octanol–water partition coefficient (Wildman–Crippen LogP) is -7.12. The Kier molecular flexibility index (Phi) is 33.6. The van der Waals surface area contributed by atoms with Crippen molar-refractivity contribution in [1.29, 1.82) is 0 Å². The summed E-state index contributed by atoms with van der Waals surface area (Å²) in [6, 6.07) is -6.20. The van der Waals surface area contributed by atoms with Gasteiger partial charge in [-0.05, 0) is 88.0 Å². The number of aliphatic carboxylic acids is 4. The van der Waals surface area contributed by atoms with E-state index in [1.807, 2.05) is 27.7 Å². The van der Waals surface area contributed by atoms with E-state index in [1.165, 1.54) is 7.05 Å². The molecule has 4 rings (SSSR count). The van der Waals surface area contributed by atoms with Gasteiger partial charge in [0.2, 0.25) is 17.7 Å². The fourth-order valence-corrected chi connectivity index (χ4v) is 14.3. The minimum Gasteiger partial charge on any atom is -0.477 e. The van der Waals surface area contributed by atoms with Gasteiger partial charge >= 0.3 is 23.9 Å². The normalized spacial score (nSPS) is 33.7. The van der Waals surface area contributed by atoms with E-state index in [9.17, 15) is 131 Å². The SMILES string of the molecule is [2H]CC(O)C(O)C1OC(OCCC(CCOC2(C(=O)O)CC(O)C(NC(C)=O)C(C(O)C(O)CO)O2)C(CCC(C(C)C)C(C)C)C(CCOC2(C(=O)O)CC(O)C(NC(C)=O)C(C(O)C(O)CO)O2)CCOC2(C(=O)O)CC(O)C(NC(C)=O)C(C(O)C(O)CO)O2)(C(=O)O)CC(O)C1NC. The van der Waals surface area contributed by atoms with E-state index in [2.05, 4.69) is 21.3 Å². The Morgan fingerprint density at radius 1 is 0.426 bits per heavy atom. The van der Waals surface area contributed by atoms with Crippen molar-refractivity contribution in [1.82, 2.24) is 21.3 Å². The maximum Gasteiger partial charge on any atom is 0.364 e. The van der Waals surface area contributed by atoms with E-state index < -0.39 is 302 Å². The first-order valence-corrected chi connectivity index (χ1v) is 33.6. The molecule has 0 bridgehead atoms. The molecule has 26 unspecified atom stereocenters. The van der Waals surface area contributed by atoms with E-state index >= 15 is 0 Å². The molecule has 0 spiro atoms. The summed E-state index contributed by atoms with van der Waals surface area (Å²) >= 11 is 0. The molecule has 38 nitrogen and oxygen atoms in total. The standard InChI is InChI=1S/C63H110N4O34/c1-27(2)35(28(3)4)10-11-36(33(12-16-94-60(56(86)87)20-37(75)44(64-9)52(98-60)48(82)29(5)71)13-17-95-61(57(88)89)21-38(76)45(65-30(6)72)53(99-61)49(83)41(79)24-68)34(14-18-96-62(58(90)91)22-39(77)46(66-31(7)73)54(100-62)50(84)42(80)25-69)15-19-97-63(59(92)93)23-40(78)47(67-32(8)74)55(101-63)51(85)43(81)26-70/h27-29,33-55,64,68-71,75-85H,10-26H2,1-9H3,(H,65,72)(H,66,73)(H,67,74)(H,86,87)(H,88,89)(H,90,91)(H,92,93)/i5D. The fourth-order valence-electron chi connectivity index (χ4n) is 14.3. The fraction of sp³-hybridized carbons (Fsp3) is 0.889. The van der Waals surface area contributed by atoms with Gasteiger partial charge in [-0.25, -0.2) is 19.2 Å². The first-order chi connectivity index (χ1) is 47.6. The van der Waals surface area contributed by atoms with Crippen molar-refractivity contribution in [3.8, 4) is 0 Å². The van der Waals surface area contributed by atoms with Crippen molar-refractivity contribution >= 4 is 41.6 Å². The second kappa shape index (κ2) is 39.1. The van der Waals surface area contributed by atoms with Crippen LogP contribution >= 0.6 is 0 Å². The van der Waals surface area contributed by atoms with Crippen molar-refractivity contribution in [2.45, 2.75) is 265 Å². The van der Waals surface area contributed by atoms with Gasteiger partial charge in [0.1, 0.15) is 67.1 Å². The third-order valence-corrected chi connectivity index (χ3v) is 19.6. The monoisotopic (exact) mass is 1470 g/mol. The van der Waals surface area contributed by atoms with Gasteiger partial charge in [0.05, 0.1) is 101 Å². The van der Waals surface area contributed by atoms with Crippen LogP contribution in [0.15, 0.2) is 0 Å². The highest BCUT2D eigenvalue weighted by Gasteiger charge is 2.60. The van der Waals surface area contributed by atoms with Crippen LogP contribution in [0.3, 0.4) is 0 Å². The van der Waals surface area contributed by atoms with Crippen molar-refractivity contribution in [2.75, 3.05) is 53.3 Å². The molecule has 0 aliphatic carbocycles. The van der Waals surface area contributed by atoms with E-state index in [-0.39, 0.29) is 37.0 Å². The van der Waals surface area contributed by atoms with Crippen molar-refractivity contribution in [3.05, 3.63) is 0 Å². The molecule has 4 fully saturated rings. The van der Waals surface area contributed by atoms with Gasteiger partial charge in [0.25, 0.3) is 23.1 Å². The molecule has 3 amide bonds. The van der Waals surface area contributed by atoms with Gasteiger partial charge < -0.3 is 156 Å². The highest BCUT2D eigenvalue weighted by molar-refractivity contribution is 5.78. The van der Waals surface area contributed by atoms with Crippen molar-refractivity contribution in [3.63, 3.8) is 0 Å². The number of rotatable bonds is 42. The highest BCUT2D eigenvalue weighted by atomic mass is 16.8. The number of carboxylic acid groups (broad SMARTS) is 4. The van der Waals surface area contributed by atoms with E-state index in [0.717, 1.165) is 20.8 Å². The van der Waals surface area contributed by atoms with Crippen molar-refractivity contribution < 1.29 is 170 Å². The average molecular weight is 1470 g/mol. The number of carbonyl (C=O) groups excluding carboxylic acids is 3. The topological polar surface area (TPSA) is 626 Å². The first-order valence-electron chi connectivity index (χ1n) is 34.3. The number of carbonyl (C=O) groups is 7. The summed E-state index contributed by atoms with van der Waals surface area (Å²) in [5.41, 5.74) is 0. The number of hydrogen-bond acceptors (Lipinski definition) is 31. The second-order valence-corrected chi connectivity index (χ2v) is 27.4. The Bertz CT molecular complexity index is 2590. The Hall–Kier alpha value is -4.67. The van der Waals surface area contributed by atoms with Gasteiger partial charge in [-0.3, -0.25) is 14.4 Å². The average Bonchev–Trinajstić information content (AvgIpc) is 0.792. The lowest BCUT2D eigenvalue weighted by Crippen LogP contribution is -2.68.